The van der Waals surface area contributed by atoms with Gasteiger partial charge >= 0.3 is 0 Å². The molecule has 0 amide bonds. The van der Waals surface area contributed by atoms with Crippen LogP contribution in [-0.2, 0) is 0 Å². The lowest BCUT2D eigenvalue weighted by Gasteiger charge is -2.44. The number of rotatable bonds is 4. The maximum Gasteiger partial charge on any atom is 0.0308 e. The molecule has 0 bridgehead atoms. The zero-order valence-corrected chi connectivity index (χ0v) is 11.3. The molecule has 1 atom stereocenters. The molecule has 1 saturated carbocycles. The minimum Gasteiger partial charge on any atom is -0.315 e. The van der Waals surface area contributed by atoms with Crippen molar-refractivity contribution in [1.82, 2.24) is 10.2 Å². The lowest BCUT2D eigenvalue weighted by Crippen LogP contribution is -2.58. The summed E-state index contributed by atoms with van der Waals surface area (Å²) in [5, 5.41) is 3.62. The molecule has 0 aromatic carbocycles. The molecule has 0 spiro atoms. The maximum absolute atomic E-state index is 3.62. The van der Waals surface area contributed by atoms with Gasteiger partial charge in [-0.1, -0.05) is 12.8 Å². The Kier molecular flexibility index (Phi) is 3.91. The van der Waals surface area contributed by atoms with Crippen molar-refractivity contribution in [3.63, 3.8) is 0 Å². The van der Waals surface area contributed by atoms with Gasteiger partial charge in [0.1, 0.15) is 0 Å². The van der Waals surface area contributed by atoms with Crippen molar-refractivity contribution in [1.29, 1.82) is 0 Å². The van der Waals surface area contributed by atoms with Crippen LogP contribution in [0.15, 0.2) is 0 Å². The van der Waals surface area contributed by atoms with E-state index >= 15 is 0 Å². The van der Waals surface area contributed by atoms with Gasteiger partial charge in [0.2, 0.25) is 0 Å². The van der Waals surface area contributed by atoms with E-state index in [1.54, 1.807) is 0 Å². The van der Waals surface area contributed by atoms with Crippen LogP contribution in [0.2, 0.25) is 0 Å². The normalized spacial score (nSPS) is 26.4. The first-order valence-corrected chi connectivity index (χ1v) is 7.08. The highest BCUT2D eigenvalue weighted by molar-refractivity contribution is 4.98. The van der Waals surface area contributed by atoms with Gasteiger partial charge in [-0.15, -0.1) is 0 Å². The van der Waals surface area contributed by atoms with Gasteiger partial charge in [-0.2, -0.15) is 0 Å². The molecular weight excluding hydrogens is 196 g/mol. The molecule has 16 heavy (non-hydrogen) atoms. The topological polar surface area (TPSA) is 15.3 Å². The summed E-state index contributed by atoms with van der Waals surface area (Å²) in [6, 6.07) is 0.674. The largest absolute Gasteiger partial charge is 0.315 e. The van der Waals surface area contributed by atoms with Crippen molar-refractivity contribution in [2.45, 2.75) is 64.0 Å². The Morgan fingerprint density at radius 3 is 2.12 bits per heavy atom. The first kappa shape index (κ1) is 12.4. The molecule has 1 saturated heterocycles. The molecule has 1 unspecified atom stereocenters. The average Bonchev–Trinajstić information content (AvgIpc) is 2.91. The van der Waals surface area contributed by atoms with Crippen LogP contribution in [-0.4, -0.2) is 36.6 Å². The van der Waals surface area contributed by atoms with Gasteiger partial charge in [0.15, 0.2) is 0 Å². The lowest BCUT2D eigenvalue weighted by atomic mass is 9.82. The molecular formula is C14H28N2. The Morgan fingerprint density at radius 1 is 1.06 bits per heavy atom. The zero-order valence-electron chi connectivity index (χ0n) is 11.3. The summed E-state index contributed by atoms with van der Waals surface area (Å²) in [6.45, 7) is 7.49. The third kappa shape index (κ3) is 2.28. The molecule has 2 rings (SSSR count). The Morgan fingerprint density at radius 2 is 1.62 bits per heavy atom. The smallest absolute Gasteiger partial charge is 0.0308 e. The van der Waals surface area contributed by atoms with Crippen LogP contribution >= 0.6 is 0 Å². The summed E-state index contributed by atoms with van der Waals surface area (Å²) >= 11 is 0. The number of nitrogens with zero attached hydrogens (tertiary/aromatic N) is 1. The summed E-state index contributed by atoms with van der Waals surface area (Å²) < 4.78 is 0. The van der Waals surface area contributed by atoms with E-state index in [-0.39, 0.29) is 0 Å². The molecule has 1 heterocycles. The molecule has 2 aliphatic rings. The first-order chi connectivity index (χ1) is 7.66. The summed E-state index contributed by atoms with van der Waals surface area (Å²) in [7, 11) is 2.15. The van der Waals surface area contributed by atoms with Crippen LogP contribution in [0.1, 0.15) is 52.4 Å². The van der Waals surface area contributed by atoms with Crippen LogP contribution in [0.4, 0.5) is 0 Å². The highest BCUT2D eigenvalue weighted by Crippen LogP contribution is 2.35. The second kappa shape index (κ2) is 5.05. The standard InChI is InChI=1S/C14H28N2/c1-14(2,16-10-6-7-11-16)13(15-3)12-8-4-5-9-12/h12-13,15H,4-11H2,1-3H3. The van der Waals surface area contributed by atoms with E-state index < -0.39 is 0 Å². The third-order valence-corrected chi connectivity index (χ3v) is 4.86. The van der Waals surface area contributed by atoms with Crippen LogP contribution in [0, 0.1) is 5.92 Å². The minimum absolute atomic E-state index is 0.334. The Hall–Kier alpha value is -0.0800. The molecule has 1 aliphatic carbocycles. The Bertz CT molecular complexity index is 213. The fourth-order valence-electron chi connectivity index (χ4n) is 3.95. The maximum atomic E-state index is 3.62. The minimum atomic E-state index is 0.334. The number of likely N-dealkylation sites (tertiary alicyclic amines) is 1. The third-order valence-electron chi connectivity index (χ3n) is 4.86. The summed E-state index contributed by atoms with van der Waals surface area (Å²) in [5.41, 5.74) is 0.334. The van der Waals surface area contributed by atoms with Gasteiger partial charge in [-0.05, 0) is 65.6 Å². The average molecular weight is 224 g/mol. The van der Waals surface area contributed by atoms with E-state index in [9.17, 15) is 0 Å². The van der Waals surface area contributed by atoms with Gasteiger partial charge in [-0.25, -0.2) is 0 Å². The fraction of sp³-hybridized carbons (Fsp3) is 1.00. The van der Waals surface area contributed by atoms with Crippen molar-refractivity contribution in [3.8, 4) is 0 Å². The highest BCUT2D eigenvalue weighted by Gasteiger charge is 2.40. The van der Waals surface area contributed by atoms with Crippen molar-refractivity contribution in [2.24, 2.45) is 5.92 Å². The molecule has 2 fully saturated rings. The zero-order chi connectivity index (χ0) is 11.6. The summed E-state index contributed by atoms with van der Waals surface area (Å²) in [5.74, 6) is 0.903. The second-order valence-electron chi connectivity index (χ2n) is 6.16. The molecule has 2 heteroatoms. The van der Waals surface area contributed by atoms with E-state index in [1.165, 1.54) is 51.6 Å². The monoisotopic (exact) mass is 224 g/mol. The van der Waals surface area contributed by atoms with E-state index in [1.807, 2.05) is 0 Å². The van der Waals surface area contributed by atoms with Crippen molar-refractivity contribution < 1.29 is 0 Å². The summed E-state index contributed by atoms with van der Waals surface area (Å²) in [6.07, 6.45) is 8.54. The van der Waals surface area contributed by atoms with Crippen molar-refractivity contribution >= 4 is 0 Å². The van der Waals surface area contributed by atoms with E-state index in [4.69, 9.17) is 0 Å². The highest BCUT2D eigenvalue weighted by atomic mass is 15.2. The van der Waals surface area contributed by atoms with Crippen LogP contribution in [0.25, 0.3) is 0 Å². The SMILES string of the molecule is CNC(C1CCCC1)C(C)(C)N1CCCC1. The molecule has 1 aliphatic heterocycles. The Labute approximate surface area is 101 Å². The number of hydrogen-bond donors (Lipinski definition) is 1. The van der Waals surface area contributed by atoms with Gasteiger partial charge in [0.05, 0.1) is 0 Å². The number of likely N-dealkylation sites (N-methyl/N-ethyl adjacent to an activating group) is 1. The second-order valence-corrected chi connectivity index (χ2v) is 6.16. The van der Waals surface area contributed by atoms with Gasteiger partial charge < -0.3 is 5.32 Å². The number of nitrogens with one attached hydrogen (secondary N) is 1. The number of hydrogen-bond acceptors (Lipinski definition) is 2. The lowest BCUT2D eigenvalue weighted by molar-refractivity contribution is 0.0822. The fourth-order valence-corrected chi connectivity index (χ4v) is 3.95. The quantitative estimate of drug-likeness (QED) is 0.790. The van der Waals surface area contributed by atoms with Gasteiger partial charge in [0, 0.05) is 11.6 Å². The van der Waals surface area contributed by atoms with Crippen molar-refractivity contribution in [2.75, 3.05) is 20.1 Å². The molecule has 1 N–H and O–H groups in total. The van der Waals surface area contributed by atoms with E-state index in [0.717, 1.165) is 5.92 Å². The van der Waals surface area contributed by atoms with E-state index in [0.29, 0.717) is 11.6 Å². The molecule has 0 aromatic heterocycles. The predicted molar refractivity (Wildman–Crippen MR) is 69.7 cm³/mol. The predicted octanol–water partition coefficient (Wildman–Crippen LogP) is 2.64. The van der Waals surface area contributed by atoms with Crippen molar-refractivity contribution in [3.05, 3.63) is 0 Å². The molecule has 0 aromatic rings. The molecule has 2 nitrogen and oxygen atoms in total. The van der Waals surface area contributed by atoms with Gasteiger partial charge in [-0.3, -0.25) is 4.90 Å². The van der Waals surface area contributed by atoms with Crippen LogP contribution < -0.4 is 5.32 Å². The molecule has 0 radical (unpaired) electrons. The van der Waals surface area contributed by atoms with Gasteiger partial charge in [0.25, 0.3) is 0 Å². The van der Waals surface area contributed by atoms with E-state index in [2.05, 4.69) is 31.1 Å². The first-order valence-electron chi connectivity index (χ1n) is 7.08. The Balaban J connectivity index is 2.05. The summed E-state index contributed by atoms with van der Waals surface area (Å²) in [4.78, 5) is 2.70. The molecule has 94 valence electrons. The van der Waals surface area contributed by atoms with Crippen LogP contribution in [0.3, 0.4) is 0 Å². The van der Waals surface area contributed by atoms with Crippen LogP contribution in [0.5, 0.6) is 0 Å².